The Morgan fingerprint density at radius 2 is 2.16 bits per heavy atom. The van der Waals surface area contributed by atoms with Gasteiger partial charge in [-0.15, -0.1) is 0 Å². The Morgan fingerprint density at radius 3 is 2.84 bits per heavy atom. The summed E-state index contributed by atoms with van der Waals surface area (Å²) < 4.78 is 1.75. The Bertz CT molecular complexity index is 959. The van der Waals surface area contributed by atoms with E-state index in [1.54, 1.807) is 10.7 Å². The predicted molar refractivity (Wildman–Crippen MR) is 97.2 cm³/mol. The Balaban J connectivity index is 1.84. The number of carbonyl (C=O) groups is 1. The molecule has 1 aliphatic carbocycles. The van der Waals surface area contributed by atoms with Crippen LogP contribution in [-0.2, 0) is 0 Å². The summed E-state index contributed by atoms with van der Waals surface area (Å²) in [6, 6.07) is 5.96. The van der Waals surface area contributed by atoms with Gasteiger partial charge in [-0.05, 0) is 49.4 Å². The Morgan fingerprint density at radius 1 is 1.36 bits per heavy atom. The first-order valence-electron chi connectivity index (χ1n) is 8.32. The third-order valence-electron chi connectivity index (χ3n) is 4.72. The van der Waals surface area contributed by atoms with Crippen molar-refractivity contribution < 1.29 is 4.79 Å². The van der Waals surface area contributed by atoms with E-state index < -0.39 is 5.91 Å². The van der Waals surface area contributed by atoms with Crippen molar-refractivity contribution in [2.45, 2.75) is 25.8 Å². The molecule has 3 aromatic rings. The van der Waals surface area contributed by atoms with Gasteiger partial charge in [-0.25, -0.2) is 9.50 Å². The highest BCUT2D eigenvalue weighted by Gasteiger charge is 2.29. The maximum absolute atomic E-state index is 11.9. The fraction of sp³-hybridized carbons (Fsp3) is 0.278. The summed E-state index contributed by atoms with van der Waals surface area (Å²) in [7, 11) is 0. The molecule has 7 heteroatoms. The minimum atomic E-state index is -0.489. The van der Waals surface area contributed by atoms with Gasteiger partial charge in [0.15, 0.2) is 0 Å². The lowest BCUT2D eigenvalue weighted by molar-refractivity contribution is 0.100. The van der Waals surface area contributed by atoms with Crippen molar-refractivity contribution in [1.29, 1.82) is 0 Å². The van der Waals surface area contributed by atoms with Crippen LogP contribution in [0.3, 0.4) is 0 Å². The number of nitrogens with zero attached hydrogens (tertiary/aromatic N) is 3. The monoisotopic (exact) mass is 336 g/mol. The summed E-state index contributed by atoms with van der Waals surface area (Å²) in [5.41, 5.74) is 15.2. The largest absolute Gasteiger partial charge is 0.384 e. The van der Waals surface area contributed by atoms with Crippen LogP contribution in [0.1, 0.15) is 30.1 Å². The number of primary amides is 1. The van der Waals surface area contributed by atoms with Gasteiger partial charge in [-0.2, -0.15) is 5.10 Å². The second kappa shape index (κ2) is 5.77. The van der Waals surface area contributed by atoms with Crippen molar-refractivity contribution in [2.75, 3.05) is 11.1 Å². The number of hydrogen-bond donors (Lipinski definition) is 3. The summed E-state index contributed by atoms with van der Waals surface area (Å²) in [5.74, 6) is 0.610. The zero-order valence-electron chi connectivity index (χ0n) is 13.9. The lowest BCUT2D eigenvalue weighted by atomic mass is 10.1. The van der Waals surface area contributed by atoms with Gasteiger partial charge in [0.1, 0.15) is 5.82 Å². The molecule has 0 aromatic carbocycles. The summed E-state index contributed by atoms with van der Waals surface area (Å²) in [4.78, 5) is 15.9. The number of hydrogen-bond acceptors (Lipinski definition) is 5. The molecule has 0 unspecified atom stereocenters. The van der Waals surface area contributed by atoms with Crippen LogP contribution in [0.25, 0.3) is 16.6 Å². The Kier molecular flexibility index (Phi) is 3.56. The fourth-order valence-corrected chi connectivity index (χ4v) is 3.12. The molecule has 1 saturated carbocycles. The van der Waals surface area contributed by atoms with Crippen LogP contribution in [0.4, 0.5) is 11.5 Å². The molecule has 25 heavy (non-hydrogen) atoms. The molecule has 0 radical (unpaired) electrons. The molecule has 5 N–H and O–H groups in total. The van der Waals surface area contributed by atoms with Crippen molar-refractivity contribution in [2.24, 2.45) is 11.7 Å². The van der Waals surface area contributed by atoms with E-state index in [-0.39, 0.29) is 6.04 Å². The first-order valence-corrected chi connectivity index (χ1v) is 8.32. The van der Waals surface area contributed by atoms with E-state index in [1.165, 1.54) is 19.0 Å². The number of aromatic nitrogens is 3. The summed E-state index contributed by atoms with van der Waals surface area (Å²) >= 11 is 0. The standard InChI is InChI=1S/C18H20N6O/c1-10(11-2-3-11)23-17-14(18(20)25)8-22-24-9-13(6-15(17)24)12-4-5-21-16(19)7-12/h4-11,23H,2-3H2,1H3,(H2,19,21)(H2,20,25)/t10-/m1/s1. The fourth-order valence-electron chi connectivity index (χ4n) is 3.12. The van der Waals surface area contributed by atoms with E-state index in [0.29, 0.717) is 17.3 Å². The molecular weight excluding hydrogens is 316 g/mol. The van der Waals surface area contributed by atoms with Gasteiger partial charge in [0.2, 0.25) is 0 Å². The van der Waals surface area contributed by atoms with Crippen LogP contribution in [-0.4, -0.2) is 26.5 Å². The highest BCUT2D eigenvalue weighted by molar-refractivity contribution is 6.02. The van der Waals surface area contributed by atoms with Gasteiger partial charge < -0.3 is 16.8 Å². The topological polar surface area (TPSA) is 111 Å². The molecule has 1 aliphatic rings. The summed E-state index contributed by atoms with van der Waals surface area (Å²) in [6.07, 6.45) is 7.52. The number of carbonyl (C=O) groups excluding carboxylic acids is 1. The minimum absolute atomic E-state index is 0.277. The Hall–Kier alpha value is -3.09. The van der Waals surface area contributed by atoms with Gasteiger partial charge in [-0.3, -0.25) is 4.79 Å². The molecule has 1 fully saturated rings. The maximum Gasteiger partial charge on any atom is 0.252 e. The summed E-state index contributed by atoms with van der Waals surface area (Å²) in [6.45, 7) is 2.13. The molecule has 3 heterocycles. The highest BCUT2D eigenvalue weighted by atomic mass is 16.1. The highest BCUT2D eigenvalue weighted by Crippen LogP contribution is 2.36. The third kappa shape index (κ3) is 2.88. The van der Waals surface area contributed by atoms with E-state index in [9.17, 15) is 4.79 Å². The minimum Gasteiger partial charge on any atom is -0.384 e. The van der Waals surface area contributed by atoms with Crippen LogP contribution in [0, 0.1) is 5.92 Å². The molecule has 0 bridgehead atoms. The normalized spacial score (nSPS) is 15.2. The van der Waals surface area contributed by atoms with Crippen molar-refractivity contribution in [1.82, 2.24) is 14.6 Å². The number of rotatable bonds is 5. The smallest absolute Gasteiger partial charge is 0.252 e. The quantitative estimate of drug-likeness (QED) is 0.662. The number of nitrogens with one attached hydrogen (secondary N) is 1. The molecule has 0 spiro atoms. The number of nitrogens with two attached hydrogens (primary N) is 2. The van der Waals surface area contributed by atoms with Crippen LogP contribution in [0.2, 0.25) is 0 Å². The van der Waals surface area contributed by atoms with Gasteiger partial charge in [-0.1, -0.05) is 0 Å². The van der Waals surface area contributed by atoms with E-state index in [2.05, 4.69) is 22.3 Å². The first kappa shape index (κ1) is 15.4. The van der Waals surface area contributed by atoms with Gasteiger partial charge in [0, 0.05) is 24.0 Å². The SMILES string of the molecule is C[C@@H](Nc1c(C(N)=O)cnn2cc(-c3ccnc(N)c3)cc12)C1CC1. The Labute approximate surface area is 145 Å². The van der Waals surface area contributed by atoms with E-state index >= 15 is 0 Å². The summed E-state index contributed by atoms with van der Waals surface area (Å²) in [5, 5.41) is 7.80. The van der Waals surface area contributed by atoms with Crippen molar-refractivity contribution >= 4 is 22.9 Å². The number of amides is 1. The van der Waals surface area contributed by atoms with Gasteiger partial charge >= 0.3 is 0 Å². The van der Waals surface area contributed by atoms with Crippen molar-refractivity contribution in [3.63, 3.8) is 0 Å². The van der Waals surface area contributed by atoms with Crippen LogP contribution >= 0.6 is 0 Å². The zero-order valence-corrected chi connectivity index (χ0v) is 13.9. The van der Waals surface area contributed by atoms with E-state index in [0.717, 1.165) is 22.3 Å². The molecule has 128 valence electrons. The molecule has 4 rings (SSSR count). The van der Waals surface area contributed by atoms with E-state index in [4.69, 9.17) is 11.5 Å². The third-order valence-corrected chi connectivity index (χ3v) is 4.72. The molecule has 1 atom stereocenters. The second-order valence-corrected chi connectivity index (χ2v) is 6.60. The average molecular weight is 336 g/mol. The maximum atomic E-state index is 11.9. The molecule has 0 saturated heterocycles. The lowest BCUT2D eigenvalue weighted by Gasteiger charge is -2.17. The molecule has 7 nitrogen and oxygen atoms in total. The zero-order chi connectivity index (χ0) is 17.6. The average Bonchev–Trinajstić information content (AvgIpc) is 3.33. The van der Waals surface area contributed by atoms with E-state index in [1.807, 2.05) is 24.4 Å². The molecule has 1 amide bonds. The molecular formula is C18H20N6O. The number of nitrogen functional groups attached to an aromatic ring is 1. The van der Waals surface area contributed by atoms with Crippen molar-refractivity contribution in [3.8, 4) is 11.1 Å². The molecule has 3 aromatic heterocycles. The first-order chi connectivity index (χ1) is 12.0. The van der Waals surface area contributed by atoms with Gasteiger partial charge in [0.05, 0.1) is 23.0 Å². The van der Waals surface area contributed by atoms with Crippen molar-refractivity contribution in [3.05, 3.63) is 42.4 Å². The predicted octanol–water partition coefficient (Wildman–Crippen LogP) is 2.29. The number of fused-ring (bicyclic) bond motifs is 1. The van der Waals surface area contributed by atoms with Crippen LogP contribution < -0.4 is 16.8 Å². The lowest BCUT2D eigenvalue weighted by Crippen LogP contribution is -2.22. The van der Waals surface area contributed by atoms with Crippen LogP contribution in [0.15, 0.2) is 36.8 Å². The number of pyridine rings is 1. The second-order valence-electron chi connectivity index (χ2n) is 6.60. The number of anilines is 2. The molecule has 0 aliphatic heterocycles. The van der Waals surface area contributed by atoms with Crippen LogP contribution in [0.5, 0.6) is 0 Å². The van der Waals surface area contributed by atoms with Gasteiger partial charge in [0.25, 0.3) is 5.91 Å².